The Hall–Kier alpha value is -0.140. The number of aryl methyl sites for hydroxylation is 1. The van der Waals surface area contributed by atoms with E-state index in [2.05, 4.69) is 5.32 Å². The van der Waals surface area contributed by atoms with Gasteiger partial charge >= 0.3 is 0 Å². The predicted octanol–water partition coefficient (Wildman–Crippen LogP) is 2.12. The fourth-order valence-corrected chi connectivity index (χ4v) is 5.72. The molecule has 0 radical (unpaired) electrons. The maximum atomic E-state index is 12.5. The lowest BCUT2D eigenvalue weighted by Gasteiger charge is -2.33. The van der Waals surface area contributed by atoms with Crippen LogP contribution in [0.2, 0.25) is 0 Å². The molecule has 1 aromatic rings. The molecule has 7 heteroatoms. The zero-order valence-corrected chi connectivity index (χ0v) is 14.5. The molecule has 120 valence electrons. The second-order valence-electron chi connectivity index (χ2n) is 5.98. The maximum Gasteiger partial charge on any atom is 0.214 e. The molecule has 0 bridgehead atoms. The minimum atomic E-state index is -3.09. The topological polar surface area (TPSA) is 49.4 Å². The average molecular weight is 351 g/mol. The third-order valence-electron chi connectivity index (χ3n) is 4.65. The summed E-state index contributed by atoms with van der Waals surface area (Å²) < 4.78 is 26.7. The molecule has 2 aliphatic heterocycles. The van der Waals surface area contributed by atoms with Gasteiger partial charge in [0.05, 0.1) is 5.75 Å². The van der Waals surface area contributed by atoms with Crippen molar-refractivity contribution in [2.45, 2.75) is 25.7 Å². The summed E-state index contributed by atoms with van der Waals surface area (Å²) in [7, 11) is -3.09. The monoisotopic (exact) mass is 350 g/mol. The molecule has 3 heterocycles. The molecule has 21 heavy (non-hydrogen) atoms. The number of piperidine rings is 1. The van der Waals surface area contributed by atoms with E-state index in [1.807, 2.05) is 17.5 Å². The molecule has 2 saturated heterocycles. The average Bonchev–Trinajstić information content (AvgIpc) is 3.08. The van der Waals surface area contributed by atoms with Gasteiger partial charge in [0, 0.05) is 18.0 Å². The van der Waals surface area contributed by atoms with E-state index in [0.29, 0.717) is 13.0 Å². The van der Waals surface area contributed by atoms with E-state index in [-0.39, 0.29) is 23.6 Å². The Morgan fingerprint density at radius 1 is 1.29 bits per heavy atom. The van der Waals surface area contributed by atoms with Crippen LogP contribution in [0.3, 0.4) is 0 Å². The highest BCUT2D eigenvalue weighted by Crippen LogP contribution is 2.39. The van der Waals surface area contributed by atoms with E-state index < -0.39 is 10.0 Å². The Kier molecular flexibility index (Phi) is 5.71. The van der Waals surface area contributed by atoms with Crippen molar-refractivity contribution in [3.8, 4) is 0 Å². The second kappa shape index (κ2) is 6.96. The highest BCUT2D eigenvalue weighted by molar-refractivity contribution is 7.89. The van der Waals surface area contributed by atoms with Crippen molar-refractivity contribution in [3.05, 3.63) is 22.4 Å². The van der Waals surface area contributed by atoms with Crippen LogP contribution in [0.4, 0.5) is 0 Å². The summed E-state index contributed by atoms with van der Waals surface area (Å²) in [6.07, 6.45) is 3.91. The van der Waals surface area contributed by atoms with Crippen LogP contribution in [0, 0.1) is 5.41 Å². The largest absolute Gasteiger partial charge is 0.317 e. The van der Waals surface area contributed by atoms with Gasteiger partial charge in [0.15, 0.2) is 0 Å². The van der Waals surface area contributed by atoms with Crippen LogP contribution in [-0.2, 0) is 16.4 Å². The summed E-state index contributed by atoms with van der Waals surface area (Å²) >= 11 is 1.64. The van der Waals surface area contributed by atoms with Crippen molar-refractivity contribution >= 4 is 33.8 Å². The van der Waals surface area contributed by atoms with Crippen LogP contribution in [0.1, 0.15) is 24.1 Å². The molecule has 2 aliphatic rings. The SMILES string of the molecule is Cl.O=S(=O)(CCc1cccs1)N1CCC2(CCNCC2)C1. The number of hydrogen-bond acceptors (Lipinski definition) is 4. The van der Waals surface area contributed by atoms with Gasteiger partial charge in [0.2, 0.25) is 10.0 Å². The molecule has 0 aliphatic carbocycles. The van der Waals surface area contributed by atoms with Gasteiger partial charge < -0.3 is 5.32 Å². The highest BCUT2D eigenvalue weighted by atomic mass is 35.5. The number of thiophene rings is 1. The van der Waals surface area contributed by atoms with E-state index in [0.717, 1.165) is 43.8 Å². The molecule has 0 atom stereocenters. The maximum absolute atomic E-state index is 12.5. The summed E-state index contributed by atoms with van der Waals surface area (Å²) in [6, 6.07) is 3.99. The quantitative estimate of drug-likeness (QED) is 0.904. The van der Waals surface area contributed by atoms with Gasteiger partial charge in [0.25, 0.3) is 0 Å². The number of rotatable bonds is 4. The van der Waals surface area contributed by atoms with Gasteiger partial charge in [0.1, 0.15) is 0 Å². The first-order valence-corrected chi connectivity index (χ1v) is 9.80. The molecule has 3 rings (SSSR count). The van der Waals surface area contributed by atoms with Crippen LogP contribution < -0.4 is 5.32 Å². The Balaban J connectivity index is 0.00000161. The summed E-state index contributed by atoms with van der Waals surface area (Å²) in [5, 5.41) is 5.37. The van der Waals surface area contributed by atoms with Gasteiger partial charge in [-0.2, -0.15) is 0 Å². The fraction of sp³-hybridized carbons (Fsp3) is 0.714. The third kappa shape index (κ3) is 3.99. The van der Waals surface area contributed by atoms with Crippen molar-refractivity contribution in [2.75, 3.05) is 31.9 Å². The van der Waals surface area contributed by atoms with E-state index in [1.54, 1.807) is 15.6 Å². The first-order chi connectivity index (χ1) is 9.60. The van der Waals surface area contributed by atoms with E-state index in [9.17, 15) is 8.42 Å². The molecule has 0 amide bonds. The first-order valence-electron chi connectivity index (χ1n) is 7.31. The number of halogens is 1. The van der Waals surface area contributed by atoms with Gasteiger partial charge in [-0.15, -0.1) is 23.7 Å². The molecule has 1 aromatic heterocycles. The molecule has 2 fully saturated rings. The summed E-state index contributed by atoms with van der Waals surface area (Å²) in [4.78, 5) is 1.16. The van der Waals surface area contributed by atoms with Gasteiger partial charge in [-0.25, -0.2) is 12.7 Å². The van der Waals surface area contributed by atoms with Gasteiger partial charge in [-0.05, 0) is 55.6 Å². The lowest BCUT2D eigenvalue weighted by Crippen LogP contribution is -2.40. The molecule has 0 aromatic carbocycles. The molecule has 0 unspecified atom stereocenters. The Labute approximate surface area is 137 Å². The lowest BCUT2D eigenvalue weighted by molar-refractivity contribution is 0.218. The van der Waals surface area contributed by atoms with Crippen molar-refractivity contribution < 1.29 is 8.42 Å². The minimum Gasteiger partial charge on any atom is -0.317 e. The summed E-state index contributed by atoms with van der Waals surface area (Å²) in [5.41, 5.74) is 0.251. The molecular weight excluding hydrogens is 328 g/mol. The zero-order valence-electron chi connectivity index (χ0n) is 12.1. The summed E-state index contributed by atoms with van der Waals surface area (Å²) in [6.45, 7) is 3.51. The molecular formula is C14H23ClN2O2S2. The normalized spacial score (nSPS) is 22.3. The van der Waals surface area contributed by atoms with Crippen LogP contribution in [0.25, 0.3) is 0 Å². The lowest BCUT2D eigenvalue weighted by atomic mass is 9.78. The zero-order chi connectivity index (χ0) is 14.1. The minimum absolute atomic E-state index is 0. The van der Waals surface area contributed by atoms with Gasteiger partial charge in [-0.3, -0.25) is 0 Å². The standard InChI is InChI=1S/C14H22N2O2S2.ClH/c17-20(18,11-3-13-2-1-10-19-13)16-9-6-14(12-16)4-7-15-8-5-14;/h1-2,10,15H,3-9,11-12H2;1H. The number of nitrogens with one attached hydrogen (secondary N) is 1. The van der Waals surface area contributed by atoms with Crippen molar-refractivity contribution in [1.29, 1.82) is 0 Å². The number of hydrogen-bond donors (Lipinski definition) is 1. The molecule has 1 spiro atoms. The Morgan fingerprint density at radius 2 is 2.05 bits per heavy atom. The second-order valence-corrected chi connectivity index (χ2v) is 9.10. The smallest absolute Gasteiger partial charge is 0.214 e. The van der Waals surface area contributed by atoms with Crippen LogP contribution in [0.15, 0.2) is 17.5 Å². The van der Waals surface area contributed by atoms with Crippen molar-refractivity contribution in [2.24, 2.45) is 5.41 Å². The fourth-order valence-electron chi connectivity index (χ4n) is 3.31. The van der Waals surface area contributed by atoms with E-state index >= 15 is 0 Å². The Morgan fingerprint density at radius 3 is 2.71 bits per heavy atom. The molecule has 4 nitrogen and oxygen atoms in total. The number of nitrogens with zero attached hydrogens (tertiary/aromatic N) is 1. The third-order valence-corrected chi connectivity index (χ3v) is 7.40. The first kappa shape index (κ1) is 17.2. The van der Waals surface area contributed by atoms with E-state index in [4.69, 9.17) is 0 Å². The Bertz CT molecular complexity index is 539. The van der Waals surface area contributed by atoms with Gasteiger partial charge in [-0.1, -0.05) is 6.07 Å². The summed E-state index contributed by atoms with van der Waals surface area (Å²) in [5.74, 6) is 0.252. The van der Waals surface area contributed by atoms with Crippen LogP contribution in [0.5, 0.6) is 0 Å². The highest BCUT2D eigenvalue weighted by Gasteiger charge is 2.42. The molecule has 1 N–H and O–H groups in total. The van der Waals surface area contributed by atoms with Crippen LogP contribution >= 0.6 is 23.7 Å². The van der Waals surface area contributed by atoms with Crippen LogP contribution in [-0.4, -0.2) is 44.7 Å². The molecule has 0 saturated carbocycles. The predicted molar refractivity (Wildman–Crippen MR) is 89.8 cm³/mol. The van der Waals surface area contributed by atoms with Crippen molar-refractivity contribution in [3.63, 3.8) is 0 Å². The van der Waals surface area contributed by atoms with Crippen molar-refractivity contribution in [1.82, 2.24) is 9.62 Å². The van der Waals surface area contributed by atoms with E-state index in [1.165, 1.54) is 0 Å². The number of sulfonamides is 1.